The summed E-state index contributed by atoms with van der Waals surface area (Å²) in [5.74, 6) is 1.58. The van der Waals surface area contributed by atoms with E-state index in [1.807, 2.05) is 70.6 Å². The zero-order valence-corrected chi connectivity index (χ0v) is 20.0. The SMILES string of the molecule is CC[C@@H](C(=O)N1CCOCC1)N(c1nc(-c2ccc(OC)cc2)cs1)c1ccccc1OC. The molecule has 7 nitrogen and oxygen atoms in total. The molecule has 0 radical (unpaired) electrons. The predicted octanol–water partition coefficient (Wildman–Crippen LogP) is 4.60. The Morgan fingerprint density at radius 1 is 1.12 bits per heavy atom. The number of methoxy groups -OCH3 is 2. The van der Waals surface area contributed by atoms with Crippen LogP contribution in [-0.2, 0) is 9.53 Å². The van der Waals surface area contributed by atoms with Gasteiger partial charge in [0.25, 0.3) is 0 Å². The number of benzene rings is 2. The maximum atomic E-state index is 13.6. The van der Waals surface area contributed by atoms with Crippen molar-refractivity contribution in [3.05, 3.63) is 53.9 Å². The number of anilines is 2. The first kappa shape index (κ1) is 23.1. The van der Waals surface area contributed by atoms with Crippen molar-refractivity contribution in [3.63, 3.8) is 0 Å². The minimum atomic E-state index is -0.408. The van der Waals surface area contributed by atoms with Crippen LogP contribution in [0.2, 0.25) is 0 Å². The number of hydrogen-bond donors (Lipinski definition) is 0. The fraction of sp³-hybridized carbons (Fsp3) is 0.360. The minimum absolute atomic E-state index is 0.0768. The van der Waals surface area contributed by atoms with Gasteiger partial charge in [-0.3, -0.25) is 4.79 Å². The lowest BCUT2D eigenvalue weighted by Crippen LogP contribution is -2.50. The number of thiazole rings is 1. The van der Waals surface area contributed by atoms with Crippen LogP contribution in [0.3, 0.4) is 0 Å². The molecular weight excluding hydrogens is 438 g/mol. The highest BCUT2D eigenvalue weighted by molar-refractivity contribution is 7.14. The monoisotopic (exact) mass is 467 g/mol. The molecule has 33 heavy (non-hydrogen) atoms. The van der Waals surface area contributed by atoms with E-state index in [1.54, 1.807) is 14.2 Å². The van der Waals surface area contributed by atoms with E-state index in [-0.39, 0.29) is 5.91 Å². The third-order valence-corrected chi connectivity index (χ3v) is 6.57. The Hall–Kier alpha value is -3.10. The summed E-state index contributed by atoms with van der Waals surface area (Å²) in [4.78, 5) is 22.5. The lowest BCUT2D eigenvalue weighted by molar-refractivity contribution is -0.136. The molecule has 0 unspecified atom stereocenters. The zero-order chi connectivity index (χ0) is 23.2. The number of ether oxygens (including phenoxy) is 3. The number of hydrogen-bond acceptors (Lipinski definition) is 7. The molecule has 1 aliphatic heterocycles. The van der Waals surface area contributed by atoms with Crippen LogP contribution in [0.4, 0.5) is 10.8 Å². The summed E-state index contributed by atoms with van der Waals surface area (Å²) in [6, 6.07) is 15.2. The molecule has 0 bridgehead atoms. The molecule has 2 heterocycles. The first-order valence-corrected chi connectivity index (χ1v) is 11.9. The van der Waals surface area contributed by atoms with Gasteiger partial charge in [-0.15, -0.1) is 11.3 Å². The molecular formula is C25H29N3O4S. The maximum absolute atomic E-state index is 13.6. The van der Waals surface area contributed by atoms with E-state index in [0.717, 1.165) is 27.8 Å². The highest BCUT2D eigenvalue weighted by Gasteiger charge is 2.33. The first-order valence-electron chi connectivity index (χ1n) is 11.0. The van der Waals surface area contributed by atoms with E-state index in [4.69, 9.17) is 19.2 Å². The van der Waals surface area contributed by atoms with E-state index in [9.17, 15) is 4.79 Å². The van der Waals surface area contributed by atoms with Crippen LogP contribution in [0.15, 0.2) is 53.9 Å². The van der Waals surface area contributed by atoms with Crippen molar-refractivity contribution in [2.75, 3.05) is 45.4 Å². The fourth-order valence-electron chi connectivity index (χ4n) is 3.96. The third-order valence-electron chi connectivity index (χ3n) is 5.73. The van der Waals surface area contributed by atoms with E-state index >= 15 is 0 Å². The molecule has 0 N–H and O–H groups in total. The highest BCUT2D eigenvalue weighted by atomic mass is 32.1. The maximum Gasteiger partial charge on any atom is 0.245 e. The average Bonchev–Trinajstić information content (AvgIpc) is 3.37. The molecule has 1 aliphatic rings. The predicted molar refractivity (Wildman–Crippen MR) is 131 cm³/mol. The van der Waals surface area contributed by atoms with E-state index in [2.05, 4.69) is 0 Å². The molecule has 1 aromatic heterocycles. The normalized spacial score (nSPS) is 14.6. The van der Waals surface area contributed by atoms with Gasteiger partial charge in [-0.05, 0) is 42.8 Å². The number of para-hydroxylation sites is 2. The second-order valence-corrected chi connectivity index (χ2v) is 8.48. The third kappa shape index (κ3) is 4.96. The Bertz CT molecular complexity index is 1060. The second-order valence-electron chi connectivity index (χ2n) is 7.65. The highest BCUT2D eigenvalue weighted by Crippen LogP contribution is 2.39. The Labute approximate surface area is 198 Å². The van der Waals surface area contributed by atoms with Gasteiger partial charge < -0.3 is 24.0 Å². The van der Waals surface area contributed by atoms with Crippen LogP contribution in [-0.4, -0.2) is 62.4 Å². The first-order chi connectivity index (χ1) is 16.2. The van der Waals surface area contributed by atoms with Crippen LogP contribution in [0.1, 0.15) is 13.3 Å². The van der Waals surface area contributed by atoms with Crippen LogP contribution >= 0.6 is 11.3 Å². The van der Waals surface area contributed by atoms with Crippen molar-refractivity contribution >= 4 is 28.1 Å². The molecule has 0 saturated carbocycles. The summed E-state index contributed by atoms with van der Waals surface area (Å²) in [5, 5.41) is 2.77. The summed E-state index contributed by atoms with van der Waals surface area (Å²) in [6.07, 6.45) is 0.631. The minimum Gasteiger partial charge on any atom is -0.497 e. The van der Waals surface area contributed by atoms with Crippen molar-refractivity contribution in [3.8, 4) is 22.8 Å². The fourth-order valence-corrected chi connectivity index (χ4v) is 4.86. The summed E-state index contributed by atoms with van der Waals surface area (Å²) >= 11 is 1.52. The van der Waals surface area contributed by atoms with Crippen LogP contribution in [0.5, 0.6) is 11.5 Å². The number of morpholine rings is 1. The Morgan fingerprint density at radius 3 is 2.52 bits per heavy atom. The number of aromatic nitrogens is 1. The van der Waals surface area contributed by atoms with Crippen molar-refractivity contribution in [2.24, 2.45) is 0 Å². The molecule has 8 heteroatoms. The number of amides is 1. The Morgan fingerprint density at radius 2 is 1.85 bits per heavy atom. The van der Waals surface area contributed by atoms with Gasteiger partial charge in [-0.25, -0.2) is 4.98 Å². The van der Waals surface area contributed by atoms with Gasteiger partial charge in [0, 0.05) is 24.0 Å². The van der Waals surface area contributed by atoms with E-state index in [1.165, 1.54) is 11.3 Å². The average molecular weight is 468 g/mol. The number of rotatable bonds is 8. The second kappa shape index (κ2) is 10.7. The lowest BCUT2D eigenvalue weighted by atomic mass is 10.1. The smallest absolute Gasteiger partial charge is 0.245 e. The van der Waals surface area contributed by atoms with Gasteiger partial charge in [0.05, 0.1) is 38.8 Å². The number of carbonyl (C=O) groups excluding carboxylic acids is 1. The molecule has 1 fully saturated rings. The molecule has 0 aliphatic carbocycles. The van der Waals surface area contributed by atoms with Gasteiger partial charge >= 0.3 is 0 Å². The zero-order valence-electron chi connectivity index (χ0n) is 19.2. The van der Waals surface area contributed by atoms with Crippen molar-refractivity contribution < 1.29 is 19.0 Å². The van der Waals surface area contributed by atoms with Crippen molar-refractivity contribution in [2.45, 2.75) is 19.4 Å². The molecule has 2 aromatic carbocycles. The van der Waals surface area contributed by atoms with Crippen molar-refractivity contribution in [1.29, 1.82) is 0 Å². The standard InChI is InChI=1S/C25H29N3O4S/c1-4-21(24(29)27-13-15-32-16-14-27)28(22-7-5-6-8-23(22)31-3)25-26-20(17-33-25)18-9-11-19(30-2)12-10-18/h5-12,17,21H,4,13-16H2,1-3H3/t21-/m0/s1. The van der Waals surface area contributed by atoms with Crippen LogP contribution in [0.25, 0.3) is 11.3 Å². The Balaban J connectivity index is 1.74. The largest absolute Gasteiger partial charge is 0.497 e. The lowest BCUT2D eigenvalue weighted by Gasteiger charge is -2.36. The Kier molecular flexibility index (Phi) is 7.47. The van der Waals surface area contributed by atoms with Gasteiger partial charge in [-0.2, -0.15) is 0 Å². The van der Waals surface area contributed by atoms with Gasteiger partial charge in [0.1, 0.15) is 17.5 Å². The summed E-state index contributed by atoms with van der Waals surface area (Å²) in [7, 11) is 3.30. The van der Waals surface area contributed by atoms with Crippen LogP contribution in [0, 0.1) is 0 Å². The number of carbonyl (C=O) groups is 1. The van der Waals surface area contributed by atoms with Gasteiger partial charge in [-0.1, -0.05) is 19.1 Å². The molecule has 4 rings (SSSR count). The molecule has 1 saturated heterocycles. The molecule has 1 amide bonds. The molecule has 3 aromatic rings. The molecule has 1 atom stereocenters. The van der Waals surface area contributed by atoms with Crippen LogP contribution < -0.4 is 14.4 Å². The van der Waals surface area contributed by atoms with Gasteiger partial charge in [0.15, 0.2) is 5.13 Å². The summed E-state index contributed by atoms with van der Waals surface area (Å²) in [5.41, 5.74) is 2.67. The van der Waals surface area contributed by atoms with E-state index < -0.39 is 6.04 Å². The van der Waals surface area contributed by atoms with Crippen molar-refractivity contribution in [1.82, 2.24) is 9.88 Å². The van der Waals surface area contributed by atoms with E-state index in [0.29, 0.717) is 38.5 Å². The van der Waals surface area contributed by atoms with Gasteiger partial charge in [0.2, 0.25) is 5.91 Å². The molecule has 174 valence electrons. The quantitative estimate of drug-likeness (QED) is 0.482. The summed E-state index contributed by atoms with van der Waals surface area (Å²) in [6.45, 7) is 4.36. The topological polar surface area (TPSA) is 64.1 Å². The number of nitrogens with zero attached hydrogens (tertiary/aromatic N) is 3. The molecule has 0 spiro atoms. The summed E-state index contributed by atoms with van der Waals surface area (Å²) < 4.78 is 16.4.